The average Bonchev–Trinajstić information content (AvgIpc) is 2.73. The molecule has 0 saturated carbocycles. The van der Waals surface area contributed by atoms with E-state index in [1.54, 1.807) is 18.7 Å². The Morgan fingerprint density at radius 2 is 1.94 bits per heavy atom. The molecular weight excluding hydrogens is 214 g/mol. The SMILES string of the molecule is c1cc2oc3cc4ncncc4cc3c2cn1. The number of pyridine rings is 1. The van der Waals surface area contributed by atoms with E-state index >= 15 is 0 Å². The number of benzene rings is 1. The molecule has 3 aromatic heterocycles. The lowest BCUT2D eigenvalue weighted by atomic mass is 10.1. The van der Waals surface area contributed by atoms with Crippen LogP contribution in [-0.4, -0.2) is 15.0 Å². The van der Waals surface area contributed by atoms with Crippen molar-refractivity contribution in [2.45, 2.75) is 0 Å². The lowest BCUT2D eigenvalue weighted by molar-refractivity contribution is 0.669. The first-order valence-corrected chi connectivity index (χ1v) is 5.28. The van der Waals surface area contributed by atoms with Crippen LogP contribution in [0.4, 0.5) is 0 Å². The molecule has 0 spiro atoms. The number of hydrogen-bond acceptors (Lipinski definition) is 4. The number of aromatic nitrogens is 3. The topological polar surface area (TPSA) is 51.8 Å². The van der Waals surface area contributed by atoms with Crippen LogP contribution in [0.3, 0.4) is 0 Å². The molecule has 0 radical (unpaired) electrons. The van der Waals surface area contributed by atoms with E-state index in [0.717, 1.165) is 32.8 Å². The Labute approximate surface area is 95.9 Å². The maximum Gasteiger partial charge on any atom is 0.138 e. The summed E-state index contributed by atoms with van der Waals surface area (Å²) in [5.74, 6) is 0. The minimum atomic E-state index is 0.833. The molecule has 0 aliphatic heterocycles. The highest BCUT2D eigenvalue weighted by molar-refractivity contribution is 6.08. The number of furan rings is 1. The first-order valence-electron chi connectivity index (χ1n) is 5.28. The van der Waals surface area contributed by atoms with E-state index < -0.39 is 0 Å². The second-order valence-corrected chi connectivity index (χ2v) is 3.90. The Balaban J connectivity index is 2.28. The molecule has 17 heavy (non-hydrogen) atoms. The summed E-state index contributed by atoms with van der Waals surface area (Å²) in [6, 6.07) is 5.84. The predicted molar refractivity (Wildman–Crippen MR) is 64.6 cm³/mol. The van der Waals surface area contributed by atoms with Crippen LogP contribution in [-0.2, 0) is 0 Å². The molecular formula is C13H7N3O. The third kappa shape index (κ3) is 1.15. The van der Waals surface area contributed by atoms with Crippen LogP contribution >= 0.6 is 0 Å². The number of nitrogens with zero attached hydrogens (tertiary/aromatic N) is 3. The van der Waals surface area contributed by atoms with E-state index in [0.29, 0.717) is 0 Å². The van der Waals surface area contributed by atoms with Crippen molar-refractivity contribution in [2.75, 3.05) is 0 Å². The smallest absolute Gasteiger partial charge is 0.138 e. The molecule has 4 aromatic rings. The zero-order valence-corrected chi connectivity index (χ0v) is 8.79. The van der Waals surface area contributed by atoms with Crippen LogP contribution in [0.2, 0.25) is 0 Å². The van der Waals surface area contributed by atoms with E-state index in [2.05, 4.69) is 15.0 Å². The molecule has 80 valence electrons. The van der Waals surface area contributed by atoms with Gasteiger partial charge in [-0.2, -0.15) is 0 Å². The van der Waals surface area contributed by atoms with Crippen molar-refractivity contribution in [1.29, 1.82) is 0 Å². The minimum absolute atomic E-state index is 0.833. The Morgan fingerprint density at radius 1 is 0.941 bits per heavy atom. The van der Waals surface area contributed by atoms with Gasteiger partial charge in [-0.1, -0.05) is 0 Å². The lowest BCUT2D eigenvalue weighted by Crippen LogP contribution is -1.80. The summed E-state index contributed by atoms with van der Waals surface area (Å²) < 4.78 is 5.76. The highest BCUT2D eigenvalue weighted by Gasteiger charge is 2.08. The fourth-order valence-corrected chi connectivity index (χ4v) is 2.10. The maximum absolute atomic E-state index is 5.76. The quantitative estimate of drug-likeness (QED) is 0.458. The molecule has 0 fully saturated rings. The van der Waals surface area contributed by atoms with Gasteiger partial charge in [-0.25, -0.2) is 9.97 Å². The molecule has 4 rings (SSSR count). The van der Waals surface area contributed by atoms with Crippen molar-refractivity contribution < 1.29 is 4.42 Å². The van der Waals surface area contributed by atoms with E-state index in [-0.39, 0.29) is 0 Å². The molecule has 0 amide bonds. The second kappa shape index (κ2) is 3.01. The highest BCUT2D eigenvalue weighted by Crippen LogP contribution is 2.30. The van der Waals surface area contributed by atoms with Crippen LogP contribution in [0.25, 0.3) is 32.8 Å². The molecule has 0 bridgehead atoms. The van der Waals surface area contributed by atoms with E-state index in [9.17, 15) is 0 Å². The van der Waals surface area contributed by atoms with Crippen molar-refractivity contribution in [3.05, 3.63) is 43.1 Å². The Morgan fingerprint density at radius 3 is 2.94 bits per heavy atom. The van der Waals surface area contributed by atoms with Gasteiger partial charge in [0.05, 0.1) is 5.52 Å². The van der Waals surface area contributed by atoms with Gasteiger partial charge >= 0.3 is 0 Å². The number of fused-ring (bicyclic) bond motifs is 4. The molecule has 0 saturated heterocycles. The molecule has 3 heterocycles. The molecule has 4 nitrogen and oxygen atoms in total. The van der Waals surface area contributed by atoms with E-state index in [1.807, 2.05) is 24.4 Å². The Hall–Kier alpha value is -2.49. The largest absolute Gasteiger partial charge is 0.456 e. The average molecular weight is 221 g/mol. The van der Waals surface area contributed by atoms with Crippen LogP contribution in [0.5, 0.6) is 0 Å². The molecule has 1 aromatic carbocycles. The van der Waals surface area contributed by atoms with Crippen LogP contribution < -0.4 is 0 Å². The summed E-state index contributed by atoms with van der Waals surface area (Å²) in [6.45, 7) is 0. The molecule has 4 heteroatoms. The fraction of sp³-hybridized carbons (Fsp3) is 0. The zero-order valence-electron chi connectivity index (χ0n) is 8.79. The molecule has 0 atom stereocenters. The summed E-state index contributed by atoms with van der Waals surface area (Å²) in [5, 5.41) is 3.08. The predicted octanol–water partition coefficient (Wildman–Crippen LogP) is 2.92. The monoisotopic (exact) mass is 221 g/mol. The molecule has 0 unspecified atom stereocenters. The summed E-state index contributed by atoms with van der Waals surface area (Å²) in [7, 11) is 0. The van der Waals surface area contributed by atoms with Gasteiger partial charge in [0.25, 0.3) is 0 Å². The van der Waals surface area contributed by atoms with Crippen LogP contribution in [0.15, 0.2) is 47.5 Å². The van der Waals surface area contributed by atoms with Crippen molar-refractivity contribution in [3.8, 4) is 0 Å². The van der Waals surface area contributed by atoms with Crippen molar-refractivity contribution in [2.24, 2.45) is 0 Å². The maximum atomic E-state index is 5.76. The summed E-state index contributed by atoms with van der Waals surface area (Å²) in [6.07, 6.45) is 6.89. The van der Waals surface area contributed by atoms with Gasteiger partial charge in [0.15, 0.2) is 0 Å². The molecule has 0 aliphatic rings. The second-order valence-electron chi connectivity index (χ2n) is 3.90. The van der Waals surface area contributed by atoms with Gasteiger partial charge < -0.3 is 4.42 Å². The lowest BCUT2D eigenvalue weighted by Gasteiger charge is -1.94. The minimum Gasteiger partial charge on any atom is -0.456 e. The third-order valence-corrected chi connectivity index (χ3v) is 2.90. The first kappa shape index (κ1) is 8.64. The van der Waals surface area contributed by atoms with E-state index in [4.69, 9.17) is 4.42 Å². The molecule has 0 N–H and O–H groups in total. The highest BCUT2D eigenvalue weighted by atomic mass is 16.3. The summed E-state index contributed by atoms with van der Waals surface area (Å²) in [4.78, 5) is 12.4. The van der Waals surface area contributed by atoms with Gasteiger partial charge in [0.1, 0.15) is 17.5 Å². The standard InChI is InChI=1S/C13H7N3O/c1-2-14-6-10-9-3-8-5-15-7-16-11(8)4-13(9)17-12(1)10/h1-7H. The van der Waals surface area contributed by atoms with Crippen LogP contribution in [0.1, 0.15) is 0 Å². The van der Waals surface area contributed by atoms with Crippen LogP contribution in [0, 0.1) is 0 Å². The van der Waals surface area contributed by atoms with Gasteiger partial charge in [0, 0.05) is 40.8 Å². The first-order chi connectivity index (χ1) is 8.42. The van der Waals surface area contributed by atoms with E-state index in [1.165, 1.54) is 0 Å². The van der Waals surface area contributed by atoms with Crippen molar-refractivity contribution in [1.82, 2.24) is 15.0 Å². The third-order valence-electron chi connectivity index (χ3n) is 2.90. The van der Waals surface area contributed by atoms with Gasteiger partial charge in [-0.3, -0.25) is 4.98 Å². The van der Waals surface area contributed by atoms with Crippen molar-refractivity contribution >= 4 is 32.8 Å². The normalized spacial score (nSPS) is 11.5. The molecule has 0 aliphatic carbocycles. The Kier molecular flexibility index (Phi) is 1.53. The number of rotatable bonds is 0. The number of hydrogen-bond donors (Lipinski definition) is 0. The van der Waals surface area contributed by atoms with Crippen molar-refractivity contribution in [3.63, 3.8) is 0 Å². The summed E-state index contributed by atoms with van der Waals surface area (Å²) in [5.41, 5.74) is 2.57. The van der Waals surface area contributed by atoms with Gasteiger partial charge in [-0.15, -0.1) is 0 Å². The fourth-order valence-electron chi connectivity index (χ4n) is 2.10. The van der Waals surface area contributed by atoms with Gasteiger partial charge in [0.2, 0.25) is 0 Å². The summed E-state index contributed by atoms with van der Waals surface area (Å²) >= 11 is 0. The van der Waals surface area contributed by atoms with Gasteiger partial charge in [-0.05, 0) is 12.1 Å². The zero-order chi connectivity index (χ0) is 11.2. The Bertz CT molecular complexity index is 845.